The molecular weight excluding hydrogens is 240 g/mol. The zero-order valence-electron chi connectivity index (χ0n) is 6.33. The van der Waals surface area contributed by atoms with Crippen LogP contribution in [0.2, 0.25) is 0 Å². The third-order valence-electron chi connectivity index (χ3n) is 1.51. The molecule has 1 aromatic carbocycles. The monoisotopic (exact) mass is 243 g/mol. The van der Waals surface area contributed by atoms with Gasteiger partial charge in [-0.2, -0.15) is 5.26 Å². The topological polar surface area (TPSA) is 64.2 Å². The lowest BCUT2D eigenvalue weighted by Crippen LogP contribution is -2.34. The Labute approximate surface area is 82.7 Å². The van der Waals surface area contributed by atoms with Crippen LogP contribution >= 0.6 is 15.9 Å². The van der Waals surface area contributed by atoms with E-state index in [2.05, 4.69) is 15.9 Å². The molecule has 1 aromatic rings. The molecule has 6 heteroatoms. The Kier molecular flexibility index (Phi) is 3.04. The Balaban J connectivity index is 3.41. The molecule has 2 N–H and O–H groups in total. The normalized spacial score (nSPS) is 9.46. The zero-order valence-corrected chi connectivity index (χ0v) is 7.92. The minimum Gasteiger partial charge on any atom is -0.423 e. The SMILES string of the molecule is N#Cc1ccc(F)c(B(O)O)c1Br. The fraction of sp³-hybridized carbons (Fsp3) is 0. The summed E-state index contributed by atoms with van der Waals surface area (Å²) in [6.45, 7) is 0. The summed E-state index contributed by atoms with van der Waals surface area (Å²) in [5.74, 6) is -0.763. The largest absolute Gasteiger partial charge is 0.492 e. The first-order chi connectivity index (χ1) is 6.07. The number of halogens is 2. The smallest absolute Gasteiger partial charge is 0.423 e. The highest BCUT2D eigenvalue weighted by Crippen LogP contribution is 2.15. The highest BCUT2D eigenvalue weighted by Gasteiger charge is 2.21. The minimum atomic E-state index is -1.93. The molecule has 1 rings (SSSR count). The summed E-state index contributed by atoms with van der Waals surface area (Å²) in [6.07, 6.45) is 0. The van der Waals surface area contributed by atoms with Crippen molar-refractivity contribution in [3.05, 3.63) is 28.0 Å². The predicted molar refractivity (Wildman–Crippen MR) is 48.6 cm³/mol. The van der Waals surface area contributed by atoms with E-state index in [0.717, 1.165) is 6.07 Å². The Hall–Kier alpha value is -0.895. The Morgan fingerprint density at radius 3 is 2.54 bits per heavy atom. The fourth-order valence-electron chi connectivity index (χ4n) is 0.892. The first-order valence-electron chi connectivity index (χ1n) is 3.32. The minimum absolute atomic E-state index is 0.0741. The van der Waals surface area contributed by atoms with Gasteiger partial charge in [-0.15, -0.1) is 0 Å². The molecule has 0 amide bonds. The number of hydrogen-bond acceptors (Lipinski definition) is 3. The number of nitrogens with zero attached hydrogens (tertiary/aromatic N) is 1. The third kappa shape index (κ3) is 1.88. The molecule has 0 bridgehead atoms. The summed E-state index contributed by atoms with van der Waals surface area (Å²) in [7, 11) is -1.93. The molecule has 0 aromatic heterocycles. The number of hydrogen-bond donors (Lipinski definition) is 2. The predicted octanol–water partition coefficient (Wildman–Crippen LogP) is 0.140. The maximum Gasteiger partial charge on any atom is 0.492 e. The van der Waals surface area contributed by atoms with Gasteiger partial charge in [0.15, 0.2) is 0 Å². The van der Waals surface area contributed by atoms with Crippen LogP contribution in [0.4, 0.5) is 4.39 Å². The van der Waals surface area contributed by atoms with Crippen molar-refractivity contribution in [2.75, 3.05) is 0 Å². The fourth-order valence-corrected chi connectivity index (χ4v) is 1.51. The van der Waals surface area contributed by atoms with E-state index in [1.807, 2.05) is 0 Å². The van der Waals surface area contributed by atoms with Gasteiger partial charge in [-0.25, -0.2) is 4.39 Å². The molecule has 0 fully saturated rings. The highest BCUT2D eigenvalue weighted by molar-refractivity contribution is 9.10. The van der Waals surface area contributed by atoms with E-state index in [1.54, 1.807) is 6.07 Å². The van der Waals surface area contributed by atoms with E-state index >= 15 is 0 Å². The number of benzene rings is 1. The maximum absolute atomic E-state index is 13.0. The first kappa shape index (κ1) is 10.2. The van der Waals surface area contributed by atoms with Crippen LogP contribution < -0.4 is 5.46 Å². The van der Waals surface area contributed by atoms with Gasteiger partial charge in [0.2, 0.25) is 0 Å². The van der Waals surface area contributed by atoms with Crippen LogP contribution in [0.1, 0.15) is 5.56 Å². The number of nitriles is 1. The van der Waals surface area contributed by atoms with Gasteiger partial charge in [0, 0.05) is 9.94 Å². The van der Waals surface area contributed by atoms with Crippen molar-refractivity contribution in [2.24, 2.45) is 0 Å². The van der Waals surface area contributed by atoms with Crippen molar-refractivity contribution in [3.8, 4) is 6.07 Å². The summed E-state index contributed by atoms with van der Waals surface area (Å²) in [4.78, 5) is 0. The van der Waals surface area contributed by atoms with Gasteiger partial charge in [0.25, 0.3) is 0 Å². The van der Waals surface area contributed by atoms with E-state index in [0.29, 0.717) is 0 Å². The van der Waals surface area contributed by atoms with Crippen molar-refractivity contribution in [1.82, 2.24) is 0 Å². The molecule has 0 heterocycles. The lowest BCUT2D eigenvalue weighted by atomic mass is 9.79. The Morgan fingerprint density at radius 2 is 2.08 bits per heavy atom. The number of rotatable bonds is 1. The summed E-state index contributed by atoms with van der Waals surface area (Å²) in [5, 5.41) is 26.1. The molecule has 0 spiro atoms. The van der Waals surface area contributed by atoms with E-state index < -0.39 is 12.9 Å². The van der Waals surface area contributed by atoms with Crippen LogP contribution in [0, 0.1) is 17.1 Å². The standard InChI is InChI=1S/C7H4BBrFNO2/c9-7-4(3-11)1-2-5(10)6(7)8(12)13/h1-2,12-13H. The molecule has 13 heavy (non-hydrogen) atoms. The summed E-state index contributed by atoms with van der Waals surface area (Å²) < 4.78 is 13.0. The van der Waals surface area contributed by atoms with Crippen molar-refractivity contribution >= 4 is 28.5 Å². The molecule has 0 radical (unpaired) electrons. The molecule has 66 valence electrons. The van der Waals surface area contributed by atoms with E-state index in [1.165, 1.54) is 6.07 Å². The van der Waals surface area contributed by atoms with Gasteiger partial charge in [-0.1, -0.05) is 0 Å². The molecule has 0 unspecified atom stereocenters. The van der Waals surface area contributed by atoms with Crippen LogP contribution in [0.25, 0.3) is 0 Å². The molecule has 0 atom stereocenters. The maximum atomic E-state index is 13.0. The second kappa shape index (κ2) is 3.88. The van der Waals surface area contributed by atoms with Gasteiger partial charge in [-0.05, 0) is 28.1 Å². The van der Waals surface area contributed by atoms with Gasteiger partial charge in [0.05, 0.1) is 5.56 Å². The Morgan fingerprint density at radius 1 is 1.46 bits per heavy atom. The average Bonchev–Trinajstić information content (AvgIpc) is 2.04. The van der Waals surface area contributed by atoms with Crippen molar-refractivity contribution in [1.29, 1.82) is 5.26 Å². The molecule has 0 saturated heterocycles. The van der Waals surface area contributed by atoms with Gasteiger partial charge in [-0.3, -0.25) is 0 Å². The quantitative estimate of drug-likeness (QED) is 0.690. The summed E-state index contributed by atoms with van der Waals surface area (Å²) in [5.41, 5.74) is -0.163. The first-order valence-corrected chi connectivity index (χ1v) is 4.11. The molecule has 0 aliphatic heterocycles. The van der Waals surface area contributed by atoms with E-state index in [-0.39, 0.29) is 15.5 Å². The molecule has 3 nitrogen and oxygen atoms in total. The van der Waals surface area contributed by atoms with E-state index in [4.69, 9.17) is 15.3 Å². The molecule has 0 aliphatic rings. The Bertz CT molecular complexity index is 377. The second-order valence-electron chi connectivity index (χ2n) is 2.31. The van der Waals surface area contributed by atoms with Crippen molar-refractivity contribution < 1.29 is 14.4 Å². The zero-order chi connectivity index (χ0) is 10.0. The molecular formula is C7H4BBrFNO2. The average molecular weight is 244 g/mol. The summed E-state index contributed by atoms with van der Waals surface area (Å²) >= 11 is 2.91. The lowest BCUT2D eigenvalue weighted by molar-refractivity contribution is 0.422. The molecule has 0 aliphatic carbocycles. The second-order valence-corrected chi connectivity index (χ2v) is 3.10. The highest BCUT2D eigenvalue weighted by atomic mass is 79.9. The third-order valence-corrected chi connectivity index (χ3v) is 2.36. The summed E-state index contributed by atoms with van der Waals surface area (Å²) in [6, 6.07) is 4.05. The van der Waals surface area contributed by atoms with Crippen LogP contribution in [0.5, 0.6) is 0 Å². The van der Waals surface area contributed by atoms with Crippen LogP contribution in [0.15, 0.2) is 16.6 Å². The van der Waals surface area contributed by atoms with Crippen LogP contribution in [0.3, 0.4) is 0 Å². The van der Waals surface area contributed by atoms with Gasteiger partial charge in [0.1, 0.15) is 11.9 Å². The van der Waals surface area contributed by atoms with Crippen molar-refractivity contribution in [3.63, 3.8) is 0 Å². The van der Waals surface area contributed by atoms with E-state index in [9.17, 15) is 4.39 Å². The van der Waals surface area contributed by atoms with Gasteiger partial charge >= 0.3 is 7.12 Å². The molecule has 0 saturated carbocycles. The van der Waals surface area contributed by atoms with Crippen LogP contribution in [-0.4, -0.2) is 17.2 Å². The van der Waals surface area contributed by atoms with Gasteiger partial charge < -0.3 is 10.0 Å². The van der Waals surface area contributed by atoms with Crippen molar-refractivity contribution in [2.45, 2.75) is 0 Å². The van der Waals surface area contributed by atoms with Crippen LogP contribution in [-0.2, 0) is 0 Å². The lowest BCUT2D eigenvalue weighted by Gasteiger charge is -2.05.